The fraction of sp³-hybridized carbons (Fsp3) is 0.222. The number of benzene rings is 3. The van der Waals surface area contributed by atoms with E-state index in [0.717, 1.165) is 23.1 Å². The fourth-order valence-electron chi connectivity index (χ4n) is 4.55. The molecule has 1 unspecified atom stereocenters. The minimum Gasteiger partial charge on any atom is -0.506 e. The van der Waals surface area contributed by atoms with Crippen LogP contribution in [-0.4, -0.2) is 50.7 Å². The Morgan fingerprint density at radius 1 is 1.03 bits per heavy atom. The Balaban J connectivity index is 1.21. The van der Waals surface area contributed by atoms with Gasteiger partial charge in [-0.25, -0.2) is 4.68 Å². The molecule has 0 bridgehead atoms. The molecule has 0 saturated carbocycles. The molecule has 2 heterocycles. The van der Waals surface area contributed by atoms with E-state index >= 15 is 0 Å². The van der Waals surface area contributed by atoms with Gasteiger partial charge in [0.25, 0.3) is 5.91 Å². The van der Waals surface area contributed by atoms with E-state index in [0.29, 0.717) is 31.3 Å². The number of phenols is 1. The van der Waals surface area contributed by atoms with Gasteiger partial charge in [0.05, 0.1) is 11.3 Å². The molecular formula is C27H26N4O3. The molecule has 34 heavy (non-hydrogen) atoms. The smallest absolute Gasteiger partial charge is 0.258 e. The third-order valence-corrected chi connectivity index (χ3v) is 6.37. The van der Waals surface area contributed by atoms with Crippen LogP contribution in [0.3, 0.4) is 0 Å². The molecule has 2 N–H and O–H groups in total. The van der Waals surface area contributed by atoms with Crippen molar-refractivity contribution in [3.8, 4) is 11.4 Å². The molecule has 7 heteroatoms. The zero-order valence-electron chi connectivity index (χ0n) is 18.7. The molecule has 4 aromatic rings. The van der Waals surface area contributed by atoms with E-state index in [-0.39, 0.29) is 23.1 Å². The van der Waals surface area contributed by atoms with Crippen molar-refractivity contribution in [2.75, 3.05) is 13.1 Å². The van der Waals surface area contributed by atoms with Crippen LogP contribution in [0.4, 0.5) is 0 Å². The topological polar surface area (TPSA) is 87.5 Å². The van der Waals surface area contributed by atoms with Crippen LogP contribution in [0.1, 0.15) is 28.8 Å². The molecule has 2 amide bonds. The van der Waals surface area contributed by atoms with E-state index in [1.54, 1.807) is 27.9 Å². The van der Waals surface area contributed by atoms with Crippen LogP contribution in [0.5, 0.6) is 5.75 Å². The van der Waals surface area contributed by atoms with Crippen molar-refractivity contribution in [3.63, 3.8) is 0 Å². The van der Waals surface area contributed by atoms with Crippen LogP contribution < -0.4 is 5.32 Å². The van der Waals surface area contributed by atoms with E-state index in [2.05, 4.69) is 10.4 Å². The lowest BCUT2D eigenvalue weighted by Crippen LogP contribution is -2.46. The number of aromatic nitrogens is 2. The van der Waals surface area contributed by atoms with Gasteiger partial charge in [-0.1, -0.05) is 42.5 Å². The molecule has 172 valence electrons. The predicted octanol–water partition coefficient (Wildman–Crippen LogP) is 3.69. The number of nitrogens with zero attached hydrogens (tertiary/aromatic N) is 3. The van der Waals surface area contributed by atoms with Crippen LogP contribution in [0, 0.1) is 0 Å². The summed E-state index contributed by atoms with van der Waals surface area (Å²) in [5.41, 5.74) is 2.32. The molecule has 0 aliphatic carbocycles. The number of carbonyl (C=O) groups excluding carboxylic acids is 2. The number of likely N-dealkylation sites (tertiary alicyclic amines) is 1. The Bertz CT molecular complexity index is 1320. The lowest BCUT2D eigenvalue weighted by Gasteiger charge is -2.24. The van der Waals surface area contributed by atoms with Gasteiger partial charge in [-0.15, -0.1) is 0 Å². The van der Waals surface area contributed by atoms with Crippen molar-refractivity contribution in [2.24, 2.45) is 0 Å². The number of phenolic OH excluding ortho intramolecular Hbond substituents is 1. The van der Waals surface area contributed by atoms with Gasteiger partial charge >= 0.3 is 0 Å². The highest BCUT2D eigenvalue weighted by Gasteiger charge is 2.35. The van der Waals surface area contributed by atoms with Crippen LogP contribution in [0.2, 0.25) is 0 Å². The molecule has 0 spiro atoms. The van der Waals surface area contributed by atoms with Crippen molar-refractivity contribution < 1.29 is 14.7 Å². The maximum atomic E-state index is 13.2. The largest absolute Gasteiger partial charge is 0.506 e. The third kappa shape index (κ3) is 4.24. The molecule has 1 saturated heterocycles. The number of amides is 2. The van der Waals surface area contributed by atoms with Crippen molar-refractivity contribution >= 4 is 22.6 Å². The molecule has 1 atom stereocenters. The monoisotopic (exact) mass is 454 g/mol. The predicted molar refractivity (Wildman–Crippen MR) is 130 cm³/mol. The first kappa shape index (κ1) is 21.7. The standard InChI is InChI=1S/C27H26N4O3/c32-25-22-6-2-1-5-20(22)10-13-23(25)27(34)30-17-3-7-24(30)26(33)28-16-14-19-8-11-21(12-9-19)31-18-4-15-29-31/h1-2,4-6,8-13,15,18,24,32H,3,7,14,16-17H2,(H,28,33). The van der Waals surface area contributed by atoms with Crippen LogP contribution in [0.25, 0.3) is 16.5 Å². The van der Waals surface area contributed by atoms with Gasteiger partial charge in [0, 0.05) is 30.9 Å². The van der Waals surface area contributed by atoms with Gasteiger partial charge in [-0.3, -0.25) is 9.59 Å². The number of hydrogen-bond acceptors (Lipinski definition) is 4. The maximum absolute atomic E-state index is 13.2. The fourth-order valence-corrected chi connectivity index (χ4v) is 4.55. The normalized spacial score (nSPS) is 15.5. The Morgan fingerprint density at radius 3 is 2.65 bits per heavy atom. The van der Waals surface area contributed by atoms with Gasteiger partial charge in [0.15, 0.2) is 0 Å². The molecule has 7 nitrogen and oxygen atoms in total. The highest BCUT2D eigenvalue weighted by atomic mass is 16.3. The van der Waals surface area contributed by atoms with Crippen molar-refractivity contribution in [2.45, 2.75) is 25.3 Å². The summed E-state index contributed by atoms with van der Waals surface area (Å²) < 4.78 is 1.80. The first-order valence-corrected chi connectivity index (χ1v) is 11.5. The maximum Gasteiger partial charge on any atom is 0.258 e. The van der Waals surface area contributed by atoms with E-state index in [9.17, 15) is 14.7 Å². The first-order valence-electron chi connectivity index (χ1n) is 11.5. The Hall–Kier alpha value is -4.13. The molecular weight excluding hydrogens is 428 g/mol. The molecule has 1 aliphatic heterocycles. The Morgan fingerprint density at radius 2 is 1.85 bits per heavy atom. The van der Waals surface area contributed by atoms with Crippen LogP contribution in [-0.2, 0) is 11.2 Å². The summed E-state index contributed by atoms with van der Waals surface area (Å²) in [6, 6.07) is 20.2. The molecule has 1 aliphatic rings. The minimum absolute atomic E-state index is 0.0345. The number of rotatable bonds is 6. The third-order valence-electron chi connectivity index (χ3n) is 6.37. The summed E-state index contributed by atoms with van der Waals surface area (Å²) in [6.45, 7) is 0.984. The molecule has 1 aromatic heterocycles. The summed E-state index contributed by atoms with van der Waals surface area (Å²) in [4.78, 5) is 27.7. The molecule has 1 fully saturated rings. The van der Waals surface area contributed by atoms with Gasteiger partial charge in [-0.05, 0) is 54.5 Å². The van der Waals surface area contributed by atoms with E-state index in [4.69, 9.17) is 0 Å². The van der Waals surface area contributed by atoms with Crippen molar-refractivity contribution in [1.29, 1.82) is 0 Å². The van der Waals surface area contributed by atoms with Gasteiger partial charge < -0.3 is 15.3 Å². The summed E-state index contributed by atoms with van der Waals surface area (Å²) >= 11 is 0. The molecule has 0 radical (unpaired) electrons. The number of nitrogens with one attached hydrogen (secondary N) is 1. The summed E-state index contributed by atoms with van der Waals surface area (Å²) in [5.74, 6) is -0.498. The summed E-state index contributed by atoms with van der Waals surface area (Å²) in [7, 11) is 0. The lowest BCUT2D eigenvalue weighted by atomic mass is 10.0. The number of carbonyl (C=O) groups is 2. The Kier molecular flexibility index (Phi) is 5.99. The first-order chi connectivity index (χ1) is 16.6. The second-order valence-electron chi connectivity index (χ2n) is 8.50. The summed E-state index contributed by atoms with van der Waals surface area (Å²) in [5, 5.41) is 19.4. The lowest BCUT2D eigenvalue weighted by molar-refractivity contribution is -0.124. The molecule has 5 rings (SSSR count). The number of fused-ring (bicyclic) bond motifs is 1. The van der Waals surface area contributed by atoms with Gasteiger partial charge in [0.2, 0.25) is 5.91 Å². The second kappa shape index (κ2) is 9.39. The Labute approximate surface area is 197 Å². The average molecular weight is 455 g/mol. The second-order valence-corrected chi connectivity index (χ2v) is 8.50. The zero-order valence-corrected chi connectivity index (χ0v) is 18.7. The number of aromatic hydroxyl groups is 1. The SMILES string of the molecule is O=C(NCCc1ccc(-n2cccn2)cc1)C1CCCN1C(=O)c1ccc2ccccc2c1O. The van der Waals surface area contributed by atoms with Crippen LogP contribution in [0.15, 0.2) is 79.1 Å². The van der Waals surface area contributed by atoms with E-state index in [1.165, 1.54) is 0 Å². The van der Waals surface area contributed by atoms with Crippen molar-refractivity contribution in [3.05, 3.63) is 90.3 Å². The number of hydrogen-bond donors (Lipinski definition) is 2. The van der Waals surface area contributed by atoms with Gasteiger partial charge in [0.1, 0.15) is 11.8 Å². The van der Waals surface area contributed by atoms with Crippen LogP contribution >= 0.6 is 0 Å². The van der Waals surface area contributed by atoms with Gasteiger partial charge in [-0.2, -0.15) is 5.10 Å². The zero-order chi connectivity index (χ0) is 23.5. The van der Waals surface area contributed by atoms with E-state index < -0.39 is 6.04 Å². The average Bonchev–Trinajstić information content (AvgIpc) is 3.57. The summed E-state index contributed by atoms with van der Waals surface area (Å²) in [6.07, 6.45) is 5.69. The van der Waals surface area contributed by atoms with Crippen molar-refractivity contribution in [1.82, 2.24) is 20.0 Å². The quantitative estimate of drug-likeness (QED) is 0.465. The highest BCUT2D eigenvalue weighted by Crippen LogP contribution is 2.31. The highest BCUT2D eigenvalue weighted by molar-refractivity contribution is 6.05. The van der Waals surface area contributed by atoms with E-state index in [1.807, 2.05) is 60.8 Å². The minimum atomic E-state index is -0.527. The molecule has 3 aromatic carbocycles.